The van der Waals surface area contributed by atoms with E-state index in [0.29, 0.717) is 22.6 Å². The van der Waals surface area contributed by atoms with E-state index in [-0.39, 0.29) is 12.5 Å². The fraction of sp³-hybridized carbons (Fsp3) is 0.143. The van der Waals surface area contributed by atoms with Gasteiger partial charge in [-0.25, -0.2) is 0 Å². The zero-order chi connectivity index (χ0) is 13.7. The number of aliphatic hydroxyl groups excluding tert-OH is 1. The topological polar surface area (TPSA) is 71.5 Å². The molecular weight excluding hydrogens is 244 g/mol. The van der Waals surface area contributed by atoms with Gasteiger partial charge in [-0.2, -0.15) is 0 Å². The van der Waals surface area contributed by atoms with E-state index in [1.807, 2.05) is 0 Å². The van der Waals surface area contributed by atoms with Gasteiger partial charge in [0.1, 0.15) is 5.75 Å². The van der Waals surface area contributed by atoms with Crippen LogP contribution in [0.1, 0.15) is 15.9 Å². The number of aliphatic hydroxyl groups is 1. The van der Waals surface area contributed by atoms with Crippen molar-refractivity contribution < 1.29 is 14.6 Å². The molecule has 0 atom stereocenters. The molecule has 0 aliphatic rings. The Morgan fingerprint density at radius 3 is 2.68 bits per heavy atom. The lowest BCUT2D eigenvalue weighted by atomic mass is 10.1. The van der Waals surface area contributed by atoms with Crippen molar-refractivity contribution >= 4 is 11.6 Å². The van der Waals surface area contributed by atoms with Crippen LogP contribution in [-0.4, -0.2) is 23.1 Å². The van der Waals surface area contributed by atoms with E-state index in [1.54, 1.807) is 42.7 Å². The van der Waals surface area contributed by atoms with Gasteiger partial charge in [0.15, 0.2) is 0 Å². The average molecular weight is 258 g/mol. The second kappa shape index (κ2) is 5.97. The predicted octanol–water partition coefficient (Wildman–Crippen LogP) is 1.83. The van der Waals surface area contributed by atoms with Gasteiger partial charge in [-0.05, 0) is 30.3 Å². The Balaban J connectivity index is 2.18. The van der Waals surface area contributed by atoms with Crippen LogP contribution in [0.15, 0.2) is 42.7 Å². The lowest BCUT2D eigenvalue weighted by Gasteiger charge is -2.10. The number of aromatic nitrogens is 1. The highest BCUT2D eigenvalue weighted by Gasteiger charge is 2.08. The molecule has 1 heterocycles. The summed E-state index contributed by atoms with van der Waals surface area (Å²) >= 11 is 0. The number of hydrogen-bond donors (Lipinski definition) is 2. The number of pyridine rings is 1. The molecule has 1 aromatic heterocycles. The molecule has 0 saturated heterocycles. The molecule has 5 nitrogen and oxygen atoms in total. The molecule has 0 fully saturated rings. The number of anilines is 1. The van der Waals surface area contributed by atoms with E-state index in [2.05, 4.69) is 10.3 Å². The summed E-state index contributed by atoms with van der Waals surface area (Å²) in [6, 6.07) is 8.36. The van der Waals surface area contributed by atoms with Gasteiger partial charge in [0.25, 0.3) is 5.91 Å². The van der Waals surface area contributed by atoms with Crippen LogP contribution in [0.25, 0.3) is 0 Å². The number of amides is 1. The van der Waals surface area contributed by atoms with Gasteiger partial charge in [0.2, 0.25) is 0 Å². The van der Waals surface area contributed by atoms with Gasteiger partial charge >= 0.3 is 0 Å². The molecular formula is C14H14N2O3. The highest BCUT2D eigenvalue weighted by Crippen LogP contribution is 2.22. The third-order valence-electron chi connectivity index (χ3n) is 2.65. The largest absolute Gasteiger partial charge is 0.496 e. The molecule has 0 bridgehead atoms. The van der Waals surface area contributed by atoms with Gasteiger partial charge in [-0.1, -0.05) is 0 Å². The van der Waals surface area contributed by atoms with Gasteiger partial charge in [-0.3, -0.25) is 9.78 Å². The molecule has 0 aliphatic carbocycles. The molecule has 98 valence electrons. The summed E-state index contributed by atoms with van der Waals surface area (Å²) in [7, 11) is 1.53. The van der Waals surface area contributed by atoms with Gasteiger partial charge in [-0.15, -0.1) is 0 Å². The minimum Gasteiger partial charge on any atom is -0.496 e. The first kappa shape index (κ1) is 13.0. The number of carbonyl (C=O) groups is 1. The number of hydrogen-bond acceptors (Lipinski definition) is 4. The van der Waals surface area contributed by atoms with Crippen molar-refractivity contribution in [3.8, 4) is 5.75 Å². The number of ether oxygens (including phenoxy) is 1. The van der Waals surface area contributed by atoms with Crippen molar-refractivity contribution in [3.63, 3.8) is 0 Å². The minimum absolute atomic E-state index is 0.151. The Morgan fingerprint density at radius 1 is 1.32 bits per heavy atom. The van der Waals surface area contributed by atoms with Crippen molar-refractivity contribution in [3.05, 3.63) is 53.9 Å². The lowest BCUT2D eigenvalue weighted by molar-refractivity contribution is 0.102. The quantitative estimate of drug-likeness (QED) is 0.877. The summed E-state index contributed by atoms with van der Waals surface area (Å²) in [5.41, 5.74) is 1.75. The Hall–Kier alpha value is -2.40. The van der Waals surface area contributed by atoms with Gasteiger partial charge in [0.05, 0.1) is 13.7 Å². The number of rotatable bonds is 4. The number of nitrogens with one attached hydrogen (secondary N) is 1. The third-order valence-corrected chi connectivity index (χ3v) is 2.65. The first-order chi connectivity index (χ1) is 9.24. The first-order valence-corrected chi connectivity index (χ1v) is 5.73. The number of carbonyl (C=O) groups excluding carboxylic acids is 1. The van der Waals surface area contributed by atoms with E-state index in [9.17, 15) is 9.90 Å². The summed E-state index contributed by atoms with van der Waals surface area (Å²) in [6.45, 7) is -0.151. The van der Waals surface area contributed by atoms with E-state index >= 15 is 0 Å². The molecule has 0 spiro atoms. The third kappa shape index (κ3) is 3.08. The monoisotopic (exact) mass is 258 g/mol. The van der Waals surface area contributed by atoms with E-state index in [1.165, 1.54) is 7.11 Å². The second-order valence-corrected chi connectivity index (χ2v) is 3.87. The molecule has 2 N–H and O–H groups in total. The summed E-state index contributed by atoms with van der Waals surface area (Å²) in [5.74, 6) is 0.362. The summed E-state index contributed by atoms with van der Waals surface area (Å²) in [6.07, 6.45) is 3.12. The fourth-order valence-electron chi connectivity index (χ4n) is 1.69. The molecule has 0 radical (unpaired) electrons. The zero-order valence-corrected chi connectivity index (χ0v) is 10.5. The molecule has 2 rings (SSSR count). The van der Waals surface area contributed by atoms with Crippen LogP contribution in [-0.2, 0) is 6.61 Å². The second-order valence-electron chi connectivity index (χ2n) is 3.87. The van der Waals surface area contributed by atoms with E-state index < -0.39 is 0 Å². The van der Waals surface area contributed by atoms with Crippen LogP contribution >= 0.6 is 0 Å². The van der Waals surface area contributed by atoms with Crippen LogP contribution in [0.2, 0.25) is 0 Å². The molecule has 1 amide bonds. The van der Waals surface area contributed by atoms with Crippen molar-refractivity contribution in [2.75, 3.05) is 12.4 Å². The SMILES string of the molecule is COc1ccc(NC(=O)c2ccncc2)cc1CO. The normalized spacial score (nSPS) is 10.0. The Kier molecular flexibility index (Phi) is 4.10. The van der Waals surface area contributed by atoms with Crippen LogP contribution in [0.5, 0.6) is 5.75 Å². The van der Waals surface area contributed by atoms with Crippen molar-refractivity contribution in [2.45, 2.75) is 6.61 Å². The number of nitrogens with zero attached hydrogens (tertiary/aromatic N) is 1. The summed E-state index contributed by atoms with van der Waals surface area (Å²) in [4.78, 5) is 15.8. The standard InChI is InChI=1S/C14H14N2O3/c1-19-13-3-2-12(8-11(13)9-17)16-14(18)10-4-6-15-7-5-10/h2-8,17H,9H2,1H3,(H,16,18). The first-order valence-electron chi connectivity index (χ1n) is 5.73. The molecule has 0 saturated carbocycles. The van der Waals surface area contributed by atoms with Crippen molar-refractivity contribution in [1.29, 1.82) is 0 Å². The highest BCUT2D eigenvalue weighted by atomic mass is 16.5. The van der Waals surface area contributed by atoms with E-state index in [0.717, 1.165) is 0 Å². The molecule has 0 unspecified atom stereocenters. The summed E-state index contributed by atoms with van der Waals surface area (Å²) < 4.78 is 5.10. The molecule has 19 heavy (non-hydrogen) atoms. The van der Waals surface area contributed by atoms with Gasteiger partial charge in [0, 0.05) is 29.2 Å². The average Bonchev–Trinajstić information content (AvgIpc) is 2.48. The Morgan fingerprint density at radius 2 is 2.05 bits per heavy atom. The molecule has 0 aliphatic heterocycles. The number of methoxy groups -OCH3 is 1. The van der Waals surface area contributed by atoms with Crippen LogP contribution in [0.3, 0.4) is 0 Å². The summed E-state index contributed by atoms with van der Waals surface area (Å²) in [5, 5.41) is 12.0. The molecule has 5 heteroatoms. The Labute approximate surface area is 110 Å². The van der Waals surface area contributed by atoms with E-state index in [4.69, 9.17) is 4.74 Å². The maximum absolute atomic E-state index is 11.9. The highest BCUT2D eigenvalue weighted by molar-refractivity contribution is 6.04. The molecule has 2 aromatic rings. The Bertz CT molecular complexity index is 570. The fourth-order valence-corrected chi connectivity index (χ4v) is 1.69. The van der Waals surface area contributed by atoms with Crippen molar-refractivity contribution in [2.24, 2.45) is 0 Å². The van der Waals surface area contributed by atoms with Crippen LogP contribution in [0.4, 0.5) is 5.69 Å². The smallest absolute Gasteiger partial charge is 0.255 e. The van der Waals surface area contributed by atoms with Crippen molar-refractivity contribution in [1.82, 2.24) is 4.98 Å². The van der Waals surface area contributed by atoms with Gasteiger partial charge < -0.3 is 15.2 Å². The maximum Gasteiger partial charge on any atom is 0.255 e. The zero-order valence-electron chi connectivity index (χ0n) is 10.5. The molecule has 1 aromatic carbocycles. The van der Waals surface area contributed by atoms with Crippen LogP contribution in [0, 0.1) is 0 Å². The minimum atomic E-state index is -0.226. The predicted molar refractivity (Wildman–Crippen MR) is 71.1 cm³/mol. The number of benzene rings is 1. The lowest BCUT2D eigenvalue weighted by Crippen LogP contribution is -2.12. The van der Waals surface area contributed by atoms with Crippen LogP contribution < -0.4 is 10.1 Å². The maximum atomic E-state index is 11.9.